The SMILES string of the molecule is CN=C(NCc1cccc(OC)n1)N1CCN(c2ccccn2)CC1. The number of nitrogens with one attached hydrogen (secondary N) is 1. The highest BCUT2D eigenvalue weighted by Crippen LogP contribution is 2.12. The van der Waals surface area contributed by atoms with E-state index in [1.165, 1.54) is 0 Å². The van der Waals surface area contributed by atoms with Gasteiger partial charge in [0.1, 0.15) is 5.82 Å². The molecule has 1 N–H and O–H groups in total. The Labute approximate surface area is 148 Å². The molecule has 3 heterocycles. The predicted octanol–water partition coefficient (Wildman–Crippen LogP) is 1.38. The molecule has 2 aromatic heterocycles. The van der Waals surface area contributed by atoms with Crippen LogP contribution in [0.3, 0.4) is 0 Å². The van der Waals surface area contributed by atoms with Crippen LogP contribution in [-0.2, 0) is 6.54 Å². The van der Waals surface area contributed by atoms with Crippen LogP contribution in [0.15, 0.2) is 47.6 Å². The molecule has 2 aromatic rings. The molecule has 0 atom stereocenters. The van der Waals surface area contributed by atoms with E-state index in [0.29, 0.717) is 12.4 Å². The van der Waals surface area contributed by atoms with Crippen molar-refractivity contribution in [2.75, 3.05) is 45.2 Å². The van der Waals surface area contributed by atoms with Gasteiger partial charge in [-0.25, -0.2) is 9.97 Å². The number of hydrogen-bond donors (Lipinski definition) is 1. The molecule has 0 bridgehead atoms. The van der Waals surface area contributed by atoms with Gasteiger partial charge in [-0.2, -0.15) is 0 Å². The summed E-state index contributed by atoms with van der Waals surface area (Å²) in [7, 11) is 3.44. The fourth-order valence-corrected chi connectivity index (χ4v) is 2.86. The molecule has 3 rings (SSSR count). The molecule has 7 heteroatoms. The number of guanidine groups is 1. The second-order valence-corrected chi connectivity index (χ2v) is 5.73. The number of aliphatic imine (C=N–C) groups is 1. The fourth-order valence-electron chi connectivity index (χ4n) is 2.86. The highest BCUT2D eigenvalue weighted by Gasteiger charge is 2.20. The summed E-state index contributed by atoms with van der Waals surface area (Å²) in [4.78, 5) is 17.8. The van der Waals surface area contributed by atoms with Gasteiger partial charge in [-0.05, 0) is 18.2 Å². The molecule has 7 nitrogen and oxygen atoms in total. The van der Waals surface area contributed by atoms with Crippen LogP contribution < -0.4 is 15.0 Å². The Kier molecular flexibility index (Phi) is 5.66. The Morgan fingerprint density at radius 3 is 2.68 bits per heavy atom. The minimum atomic E-state index is 0.615. The van der Waals surface area contributed by atoms with Crippen LogP contribution in [0.2, 0.25) is 0 Å². The molecule has 132 valence electrons. The van der Waals surface area contributed by atoms with E-state index in [4.69, 9.17) is 4.74 Å². The number of piperazine rings is 1. The van der Waals surface area contributed by atoms with E-state index in [0.717, 1.165) is 43.7 Å². The lowest BCUT2D eigenvalue weighted by molar-refractivity contribution is 0.370. The Morgan fingerprint density at radius 1 is 1.16 bits per heavy atom. The number of methoxy groups -OCH3 is 1. The number of nitrogens with zero attached hydrogens (tertiary/aromatic N) is 5. The zero-order valence-corrected chi connectivity index (χ0v) is 14.7. The quantitative estimate of drug-likeness (QED) is 0.670. The molecule has 1 aliphatic heterocycles. The van der Waals surface area contributed by atoms with E-state index in [2.05, 4.69) is 36.1 Å². The van der Waals surface area contributed by atoms with E-state index >= 15 is 0 Å². The second kappa shape index (κ2) is 8.32. The van der Waals surface area contributed by atoms with Gasteiger partial charge in [-0.15, -0.1) is 0 Å². The van der Waals surface area contributed by atoms with Crippen LogP contribution in [0.4, 0.5) is 5.82 Å². The maximum Gasteiger partial charge on any atom is 0.213 e. The van der Waals surface area contributed by atoms with Gasteiger partial charge >= 0.3 is 0 Å². The van der Waals surface area contributed by atoms with Crippen molar-refractivity contribution in [2.45, 2.75) is 6.54 Å². The van der Waals surface area contributed by atoms with Crippen molar-refractivity contribution in [1.82, 2.24) is 20.2 Å². The van der Waals surface area contributed by atoms with E-state index < -0.39 is 0 Å². The molecule has 1 fully saturated rings. The first kappa shape index (κ1) is 17.0. The lowest BCUT2D eigenvalue weighted by Gasteiger charge is -2.37. The normalized spacial score (nSPS) is 15.2. The minimum Gasteiger partial charge on any atom is -0.481 e. The summed E-state index contributed by atoms with van der Waals surface area (Å²) in [5.41, 5.74) is 0.924. The number of anilines is 1. The largest absolute Gasteiger partial charge is 0.481 e. The molecule has 0 unspecified atom stereocenters. The van der Waals surface area contributed by atoms with Crippen LogP contribution in [0.5, 0.6) is 5.88 Å². The molecule has 0 aliphatic carbocycles. The molecule has 25 heavy (non-hydrogen) atoms. The zero-order chi connectivity index (χ0) is 17.5. The molecule has 0 saturated carbocycles. The standard InChI is InChI=1S/C18H24N6O/c1-19-18(21-14-15-6-5-8-17(22-15)25-2)24-12-10-23(11-13-24)16-7-3-4-9-20-16/h3-9H,10-14H2,1-2H3,(H,19,21). The number of rotatable bonds is 4. The summed E-state index contributed by atoms with van der Waals surface area (Å²) in [6.45, 7) is 4.28. The van der Waals surface area contributed by atoms with Gasteiger partial charge in [-0.1, -0.05) is 12.1 Å². The van der Waals surface area contributed by atoms with Crippen molar-refractivity contribution in [3.8, 4) is 5.88 Å². The topological polar surface area (TPSA) is 65.9 Å². The molecule has 1 aliphatic rings. The second-order valence-electron chi connectivity index (χ2n) is 5.73. The summed E-state index contributed by atoms with van der Waals surface area (Å²) in [6.07, 6.45) is 1.84. The van der Waals surface area contributed by atoms with Crippen molar-refractivity contribution in [1.29, 1.82) is 0 Å². The molecule has 1 saturated heterocycles. The highest BCUT2D eigenvalue weighted by molar-refractivity contribution is 5.80. The predicted molar refractivity (Wildman–Crippen MR) is 99.0 cm³/mol. The van der Waals surface area contributed by atoms with Gasteiger partial charge in [0.25, 0.3) is 0 Å². The fraction of sp³-hybridized carbons (Fsp3) is 0.389. The number of ether oxygens (including phenoxy) is 1. The van der Waals surface area contributed by atoms with Crippen LogP contribution in [0, 0.1) is 0 Å². The molecule has 0 spiro atoms. The van der Waals surface area contributed by atoms with Gasteiger partial charge in [0.05, 0.1) is 19.3 Å². The third-order valence-electron chi connectivity index (χ3n) is 4.18. The number of pyridine rings is 2. The first-order valence-electron chi connectivity index (χ1n) is 8.41. The van der Waals surface area contributed by atoms with Gasteiger partial charge in [0, 0.05) is 45.5 Å². The summed E-state index contributed by atoms with van der Waals surface area (Å²) < 4.78 is 5.17. The van der Waals surface area contributed by atoms with Crippen molar-refractivity contribution < 1.29 is 4.74 Å². The van der Waals surface area contributed by atoms with Gasteiger partial charge in [-0.3, -0.25) is 4.99 Å². The van der Waals surface area contributed by atoms with E-state index in [1.807, 2.05) is 43.6 Å². The monoisotopic (exact) mass is 340 g/mol. The highest BCUT2D eigenvalue weighted by atomic mass is 16.5. The van der Waals surface area contributed by atoms with Crippen molar-refractivity contribution in [3.63, 3.8) is 0 Å². The summed E-state index contributed by atoms with van der Waals surface area (Å²) in [5, 5.41) is 3.39. The maximum atomic E-state index is 5.17. The summed E-state index contributed by atoms with van der Waals surface area (Å²) in [6, 6.07) is 11.8. The van der Waals surface area contributed by atoms with Gasteiger partial charge in [0.2, 0.25) is 5.88 Å². The molecule has 0 aromatic carbocycles. The summed E-state index contributed by atoms with van der Waals surface area (Å²) in [5.74, 6) is 2.55. The zero-order valence-electron chi connectivity index (χ0n) is 14.7. The molecular formula is C18H24N6O. The van der Waals surface area contributed by atoms with E-state index in [1.54, 1.807) is 7.11 Å². The molecular weight excluding hydrogens is 316 g/mol. The van der Waals surface area contributed by atoms with E-state index in [-0.39, 0.29) is 0 Å². The smallest absolute Gasteiger partial charge is 0.213 e. The maximum absolute atomic E-state index is 5.17. The number of aromatic nitrogens is 2. The summed E-state index contributed by atoms with van der Waals surface area (Å²) >= 11 is 0. The molecule has 0 radical (unpaired) electrons. The lowest BCUT2D eigenvalue weighted by Crippen LogP contribution is -2.52. The first-order chi connectivity index (χ1) is 12.3. The van der Waals surface area contributed by atoms with Crippen molar-refractivity contribution in [2.24, 2.45) is 4.99 Å². The van der Waals surface area contributed by atoms with Crippen LogP contribution in [-0.4, -0.2) is 61.2 Å². The third kappa shape index (κ3) is 4.37. The van der Waals surface area contributed by atoms with Gasteiger partial charge in [0.15, 0.2) is 5.96 Å². The molecule has 0 amide bonds. The van der Waals surface area contributed by atoms with Crippen molar-refractivity contribution >= 4 is 11.8 Å². The average Bonchev–Trinajstić information content (AvgIpc) is 2.70. The Morgan fingerprint density at radius 2 is 2.00 bits per heavy atom. The average molecular weight is 340 g/mol. The minimum absolute atomic E-state index is 0.615. The lowest BCUT2D eigenvalue weighted by atomic mass is 10.3. The van der Waals surface area contributed by atoms with Crippen LogP contribution in [0.1, 0.15) is 5.69 Å². The first-order valence-corrected chi connectivity index (χ1v) is 8.41. The Bertz CT molecular complexity index is 698. The van der Waals surface area contributed by atoms with Crippen LogP contribution in [0.25, 0.3) is 0 Å². The Hall–Kier alpha value is -2.83. The van der Waals surface area contributed by atoms with Gasteiger partial charge < -0.3 is 19.9 Å². The van der Waals surface area contributed by atoms with Crippen LogP contribution >= 0.6 is 0 Å². The Balaban J connectivity index is 1.54. The van der Waals surface area contributed by atoms with E-state index in [9.17, 15) is 0 Å². The van der Waals surface area contributed by atoms with Crippen molar-refractivity contribution in [3.05, 3.63) is 48.3 Å². The third-order valence-corrected chi connectivity index (χ3v) is 4.18. The number of hydrogen-bond acceptors (Lipinski definition) is 5.